The molecule has 0 radical (unpaired) electrons. The van der Waals surface area contributed by atoms with E-state index in [-0.39, 0.29) is 24.1 Å². The molecule has 1 aromatic heterocycles. The molecule has 1 saturated heterocycles. The summed E-state index contributed by atoms with van der Waals surface area (Å²) in [6.07, 6.45) is 2.78. The van der Waals surface area contributed by atoms with Crippen LogP contribution in [0.4, 0.5) is 0 Å². The lowest BCUT2D eigenvalue weighted by molar-refractivity contribution is -0.133. The van der Waals surface area contributed by atoms with Crippen LogP contribution in [0.15, 0.2) is 33.5 Å². The summed E-state index contributed by atoms with van der Waals surface area (Å²) in [4.78, 5) is 26.1. The second-order valence-electron chi connectivity index (χ2n) is 6.36. The fraction of sp³-hybridized carbons (Fsp3) is 0.500. The summed E-state index contributed by atoms with van der Waals surface area (Å²) in [5.41, 5.74) is 1.03. The normalized spacial score (nSPS) is 18.9. The minimum Gasteiger partial charge on any atom is -0.408 e. The molecule has 2 heterocycles. The van der Waals surface area contributed by atoms with Crippen molar-refractivity contribution >= 4 is 26.8 Å². The highest BCUT2D eigenvalue weighted by Gasteiger charge is 2.26. The van der Waals surface area contributed by atoms with Crippen LogP contribution in [0, 0.1) is 5.92 Å². The summed E-state index contributed by atoms with van der Waals surface area (Å²) in [6, 6.07) is 6.95. The van der Waals surface area contributed by atoms with Gasteiger partial charge in [0.15, 0.2) is 5.58 Å². The smallest absolute Gasteiger partial charge is 0.408 e. The van der Waals surface area contributed by atoms with Crippen molar-refractivity contribution in [3.05, 3.63) is 34.8 Å². The molecule has 1 amide bonds. The fourth-order valence-corrected chi connectivity index (χ4v) is 4.38. The monoisotopic (exact) mass is 352 g/mol. The van der Waals surface area contributed by atoms with Gasteiger partial charge in [0.25, 0.3) is 0 Å². The molecular weight excluding hydrogens is 332 g/mol. The quantitative estimate of drug-likeness (QED) is 0.815. The van der Waals surface area contributed by atoms with Gasteiger partial charge in [0.2, 0.25) is 5.91 Å². The third-order valence-electron chi connectivity index (χ3n) is 4.28. The number of carbonyl (C=O) groups excluding carboxylic acids is 1. The van der Waals surface area contributed by atoms with Crippen LogP contribution >= 0.6 is 0 Å². The summed E-state index contributed by atoms with van der Waals surface area (Å²) >= 11 is 0. The van der Waals surface area contributed by atoms with Gasteiger partial charge in [-0.2, -0.15) is 0 Å². The van der Waals surface area contributed by atoms with E-state index >= 15 is 0 Å². The Balaban J connectivity index is 1.74. The molecule has 7 nitrogen and oxygen atoms in total. The van der Waals surface area contributed by atoms with E-state index in [0.29, 0.717) is 24.2 Å². The maximum atomic E-state index is 12.5. The predicted octanol–water partition coefficient (Wildman–Crippen LogP) is 0.878. The number of rotatable bonds is 4. The largest absolute Gasteiger partial charge is 0.420 e. The molecule has 0 saturated carbocycles. The van der Waals surface area contributed by atoms with Crippen molar-refractivity contribution in [2.24, 2.45) is 5.92 Å². The number of likely N-dealkylation sites (tertiary alicyclic amines) is 1. The molecule has 1 aromatic carbocycles. The summed E-state index contributed by atoms with van der Waals surface area (Å²) < 4.78 is 29.4. The van der Waals surface area contributed by atoms with E-state index in [1.54, 1.807) is 29.2 Å². The van der Waals surface area contributed by atoms with Crippen LogP contribution in [-0.4, -0.2) is 48.9 Å². The van der Waals surface area contributed by atoms with Crippen LogP contribution in [0.5, 0.6) is 0 Å². The molecule has 1 aliphatic rings. The van der Waals surface area contributed by atoms with Gasteiger partial charge in [-0.3, -0.25) is 9.36 Å². The number of para-hydroxylation sites is 2. The highest BCUT2D eigenvalue weighted by molar-refractivity contribution is 7.90. The first kappa shape index (κ1) is 16.8. The Kier molecular flexibility index (Phi) is 4.49. The molecule has 130 valence electrons. The van der Waals surface area contributed by atoms with Crippen molar-refractivity contribution in [3.63, 3.8) is 0 Å². The van der Waals surface area contributed by atoms with Crippen LogP contribution in [0.3, 0.4) is 0 Å². The van der Waals surface area contributed by atoms with Gasteiger partial charge in [0.05, 0.1) is 11.3 Å². The van der Waals surface area contributed by atoms with E-state index in [9.17, 15) is 18.0 Å². The van der Waals surface area contributed by atoms with Crippen molar-refractivity contribution in [1.82, 2.24) is 9.47 Å². The number of nitrogens with zero attached hydrogens (tertiary/aromatic N) is 2. The summed E-state index contributed by atoms with van der Waals surface area (Å²) in [6.45, 7) is 0.904. The van der Waals surface area contributed by atoms with Crippen molar-refractivity contribution in [3.8, 4) is 0 Å². The number of aromatic nitrogens is 1. The molecule has 0 spiro atoms. The molecule has 1 aliphatic heterocycles. The first-order chi connectivity index (χ1) is 11.3. The van der Waals surface area contributed by atoms with Gasteiger partial charge in [-0.1, -0.05) is 12.1 Å². The number of hydrogen-bond donors (Lipinski definition) is 0. The van der Waals surface area contributed by atoms with Gasteiger partial charge >= 0.3 is 5.76 Å². The second-order valence-corrected chi connectivity index (χ2v) is 8.55. The lowest BCUT2D eigenvalue weighted by atomic mass is 10.00. The second kappa shape index (κ2) is 6.43. The van der Waals surface area contributed by atoms with Gasteiger partial charge in [-0.25, -0.2) is 13.2 Å². The Morgan fingerprint density at radius 2 is 2.08 bits per heavy atom. The van der Waals surface area contributed by atoms with Crippen molar-refractivity contribution in [2.75, 3.05) is 25.1 Å². The van der Waals surface area contributed by atoms with Crippen LogP contribution in [0.25, 0.3) is 11.1 Å². The molecule has 1 atom stereocenters. The topological polar surface area (TPSA) is 89.6 Å². The third kappa shape index (κ3) is 3.69. The Bertz CT molecular complexity index is 912. The number of amides is 1. The standard InChI is InChI=1S/C16H20N2O5S/c1-24(21,22)11-12-5-4-8-17(9-12)15(19)10-18-13-6-2-3-7-14(13)23-16(18)20/h2-3,6-7,12H,4-5,8-11H2,1H3. The Morgan fingerprint density at radius 3 is 2.83 bits per heavy atom. The van der Waals surface area contributed by atoms with Crippen LogP contribution in [0.2, 0.25) is 0 Å². The van der Waals surface area contributed by atoms with E-state index in [0.717, 1.165) is 12.8 Å². The first-order valence-electron chi connectivity index (χ1n) is 7.87. The number of piperidine rings is 1. The Morgan fingerprint density at radius 1 is 1.33 bits per heavy atom. The Hall–Kier alpha value is -2.09. The zero-order valence-electron chi connectivity index (χ0n) is 13.5. The molecular formula is C16H20N2O5S. The third-order valence-corrected chi connectivity index (χ3v) is 5.35. The van der Waals surface area contributed by atoms with E-state index in [1.165, 1.54) is 10.8 Å². The lowest BCUT2D eigenvalue weighted by Gasteiger charge is -2.32. The van der Waals surface area contributed by atoms with Crippen LogP contribution in [-0.2, 0) is 21.2 Å². The number of sulfone groups is 1. The maximum Gasteiger partial charge on any atom is 0.420 e. The van der Waals surface area contributed by atoms with Gasteiger partial charge in [0, 0.05) is 19.3 Å². The van der Waals surface area contributed by atoms with E-state index < -0.39 is 15.6 Å². The van der Waals surface area contributed by atoms with Crippen molar-refractivity contribution < 1.29 is 17.6 Å². The highest BCUT2D eigenvalue weighted by atomic mass is 32.2. The molecule has 0 N–H and O–H groups in total. The fourth-order valence-electron chi connectivity index (χ4n) is 3.25. The molecule has 1 fully saturated rings. The van der Waals surface area contributed by atoms with Crippen LogP contribution in [0.1, 0.15) is 12.8 Å². The van der Waals surface area contributed by atoms with E-state index in [4.69, 9.17) is 4.42 Å². The van der Waals surface area contributed by atoms with Crippen molar-refractivity contribution in [2.45, 2.75) is 19.4 Å². The molecule has 2 aromatic rings. The predicted molar refractivity (Wildman–Crippen MR) is 89.5 cm³/mol. The minimum atomic E-state index is -3.07. The zero-order chi connectivity index (χ0) is 17.3. The summed E-state index contributed by atoms with van der Waals surface area (Å²) in [5.74, 6) is -0.711. The van der Waals surface area contributed by atoms with Gasteiger partial charge in [-0.05, 0) is 30.9 Å². The summed E-state index contributed by atoms with van der Waals surface area (Å²) in [7, 11) is -3.07. The van der Waals surface area contributed by atoms with Crippen LogP contribution < -0.4 is 5.76 Å². The number of fused-ring (bicyclic) bond motifs is 1. The number of oxazole rings is 1. The van der Waals surface area contributed by atoms with Gasteiger partial charge in [-0.15, -0.1) is 0 Å². The minimum absolute atomic E-state index is 0.0458. The van der Waals surface area contributed by atoms with Gasteiger partial charge in [0.1, 0.15) is 16.4 Å². The van der Waals surface area contributed by atoms with E-state index in [2.05, 4.69) is 0 Å². The number of benzene rings is 1. The van der Waals surface area contributed by atoms with E-state index in [1.807, 2.05) is 0 Å². The maximum absolute atomic E-state index is 12.5. The molecule has 1 unspecified atom stereocenters. The summed E-state index contributed by atoms with van der Waals surface area (Å²) in [5, 5.41) is 0. The molecule has 0 aliphatic carbocycles. The number of hydrogen-bond acceptors (Lipinski definition) is 5. The average Bonchev–Trinajstić information content (AvgIpc) is 2.82. The molecule has 24 heavy (non-hydrogen) atoms. The van der Waals surface area contributed by atoms with Gasteiger partial charge < -0.3 is 9.32 Å². The zero-order valence-corrected chi connectivity index (χ0v) is 14.3. The lowest BCUT2D eigenvalue weighted by Crippen LogP contribution is -2.43. The first-order valence-corrected chi connectivity index (χ1v) is 9.93. The molecule has 8 heteroatoms. The van der Waals surface area contributed by atoms with Crippen molar-refractivity contribution in [1.29, 1.82) is 0 Å². The average molecular weight is 352 g/mol. The number of carbonyl (C=O) groups is 1. The molecule has 0 bridgehead atoms. The molecule has 3 rings (SSSR count). The SMILES string of the molecule is CS(=O)(=O)CC1CCCN(C(=O)Cn2c(=O)oc3ccccc32)C1. The highest BCUT2D eigenvalue weighted by Crippen LogP contribution is 2.19. The Labute approximate surface area is 139 Å².